The molecule has 0 bridgehead atoms. The SMILES string of the molecule is Br.C#CC#CC#CC#CC#CC#CC#CC#CC#CC#CC#C.C#CC#CC#CC#CC#CC#CC#CC#CC#CC#CC#C.O=C1c2ccccc2-c2ccc(O)cc21.O=C1c2ccccc2-c2ccc(O)cc21.[HH].[HH].[HH].[HH].[HH].[HH].[HH].[HH].[HH].[HH].[HH].[HH].[HH].[HH].[HH].[HH].[HH].[HH].[HH].[HH].[HH].[HH].[HH].[HH].[HH].[HH].[HH].[HH].[HH].[HH].[HH].[HH].[HH].[HH].[HH].[HH].[HH].[HH].[HH].[HH].[HH].[HH]. The maximum atomic E-state index is 11.9. The second-order valence-electron chi connectivity index (χ2n) is 12.3. The maximum Gasteiger partial charge on any atom is 0.194 e. The van der Waals surface area contributed by atoms with Gasteiger partial charge in [-0.2, -0.15) is 0 Å². The minimum absolute atomic E-state index is 0. The molecule has 2 aliphatic carbocycles. The number of rotatable bonds is 0. The summed E-state index contributed by atoms with van der Waals surface area (Å²) >= 11 is 0. The van der Waals surface area contributed by atoms with Gasteiger partial charge in [-0.25, -0.2) is 0 Å². The van der Waals surface area contributed by atoms with Crippen LogP contribution >= 0.6 is 17.0 Å². The number of phenols is 2. The third kappa shape index (κ3) is 22.3. The number of fused-ring (bicyclic) bond motifs is 6. The molecule has 0 atom stereocenters. The number of hydrogen-bond donors (Lipinski definition) is 2. The number of benzene rings is 4. The van der Waals surface area contributed by atoms with E-state index in [2.05, 4.69) is 237 Å². The average molecular weight is 1090 g/mol. The number of ketones is 2. The molecule has 0 amide bonds. The molecular weight excluding hydrogens is 985 g/mol. The van der Waals surface area contributed by atoms with Crippen LogP contribution in [0.25, 0.3) is 22.3 Å². The fraction of sp³-hybridized carbons (Fsp3) is 0. The third-order valence-corrected chi connectivity index (χ3v) is 7.83. The van der Waals surface area contributed by atoms with Crippen LogP contribution in [0.4, 0.5) is 0 Å². The van der Waals surface area contributed by atoms with Crippen LogP contribution in [-0.2, 0) is 0 Å². The van der Waals surface area contributed by atoms with Crippen LogP contribution in [0.2, 0.25) is 0 Å². The predicted octanol–water partition coefficient (Wildman–Crippen LogP) is 16.7. The number of halogens is 1. The van der Waals surface area contributed by atoms with E-state index in [0.717, 1.165) is 33.4 Å². The van der Waals surface area contributed by atoms with Gasteiger partial charge in [-0.05, 0) is 248 Å². The predicted molar refractivity (Wildman–Crippen MR) is 388 cm³/mol. The summed E-state index contributed by atoms with van der Waals surface area (Å²) in [7, 11) is 0. The summed E-state index contributed by atoms with van der Waals surface area (Å²) in [5, 5.41) is 18.7. The van der Waals surface area contributed by atoms with Gasteiger partial charge in [0.15, 0.2) is 11.6 Å². The van der Waals surface area contributed by atoms with Gasteiger partial charge >= 0.3 is 0 Å². The minimum Gasteiger partial charge on any atom is -0.508 e. The first kappa shape index (κ1) is 57.7. The molecule has 0 spiro atoms. The first-order chi connectivity index (χ1) is 36.4. The fourth-order valence-corrected chi connectivity index (χ4v) is 5.18. The zero-order chi connectivity index (χ0) is 53.1. The van der Waals surface area contributed by atoms with Crippen molar-refractivity contribution in [1.29, 1.82) is 0 Å². The summed E-state index contributed by atoms with van der Waals surface area (Å²) in [6.07, 6.45) is 19.6. The highest BCUT2D eigenvalue weighted by molar-refractivity contribution is 8.93. The molecule has 2 N–H and O–H groups in total. The quantitative estimate of drug-likeness (QED) is 0.149. The lowest BCUT2D eigenvalue weighted by Crippen LogP contribution is -1.93. The van der Waals surface area contributed by atoms with E-state index in [1.54, 1.807) is 24.3 Å². The van der Waals surface area contributed by atoms with Crippen molar-refractivity contribution >= 4 is 28.5 Å². The Bertz CT molecular complexity index is 4060. The normalized spacial score (nSPS) is 7.15. The highest BCUT2D eigenvalue weighted by Crippen LogP contribution is 2.38. The van der Waals surface area contributed by atoms with Crippen LogP contribution in [0.1, 0.15) is 91.8 Å². The molecule has 0 heterocycles. The van der Waals surface area contributed by atoms with Gasteiger partial charge in [-0.15, -0.1) is 42.7 Å². The fourth-order valence-electron chi connectivity index (χ4n) is 5.18. The van der Waals surface area contributed by atoms with E-state index >= 15 is 0 Å². The number of carbonyl (C=O) groups is 2. The van der Waals surface area contributed by atoms with Gasteiger partial charge in [-0.1, -0.05) is 48.5 Å². The Hall–Kier alpha value is -13.4. The summed E-state index contributed by atoms with van der Waals surface area (Å²) in [6.45, 7) is 0. The summed E-state index contributed by atoms with van der Waals surface area (Å²) in [5.41, 5.74) is 6.36. The van der Waals surface area contributed by atoms with E-state index in [4.69, 9.17) is 25.7 Å². The van der Waals surface area contributed by atoms with Crippen molar-refractivity contribution in [2.45, 2.75) is 0 Å². The molecule has 6 rings (SSSR count). The van der Waals surface area contributed by atoms with Gasteiger partial charge in [0.2, 0.25) is 0 Å². The first-order valence-corrected chi connectivity index (χ1v) is 20.1. The topological polar surface area (TPSA) is 74.6 Å². The summed E-state index contributed by atoms with van der Waals surface area (Å²) < 4.78 is 0. The summed E-state index contributed by atoms with van der Waals surface area (Å²) in [5.74, 6) is 96.7. The Morgan fingerprint density at radius 2 is 0.427 bits per heavy atom. The molecule has 4 aromatic carbocycles. The lowest BCUT2D eigenvalue weighted by Gasteiger charge is -1.98. The standard InChI is InChI=1S/2C22H2.2C13H8O2.BrH.42H2/c2*1-3-5-7-9-11-13-15-17-19-21-22-20-18-16-14-12-10-8-6-4-2;2*14-8-5-6-10-9-3-1-2-4-11(9)13(15)12(10)7-8;;;;;;;;;;;;;;;;;;;;;;;;;;;;;;;;;;;;;;;;;;;/h2*1-2H;2*1-7,14H;43*1H. The number of hydrogen-bond acceptors (Lipinski definition) is 4. The Balaban J connectivity index is -0.0000000151. The third-order valence-electron chi connectivity index (χ3n) is 7.83. The highest BCUT2D eigenvalue weighted by Gasteiger charge is 2.27. The average Bonchev–Trinajstić information content (AvgIpc) is 3.86. The minimum atomic E-state index is -0.00324. The van der Waals surface area contributed by atoms with Crippen molar-refractivity contribution in [2.24, 2.45) is 0 Å². The molecule has 0 aliphatic heterocycles. The number of aromatic hydroxyl groups is 2. The van der Waals surface area contributed by atoms with E-state index in [1.807, 2.05) is 48.5 Å². The second-order valence-corrected chi connectivity index (χ2v) is 12.3. The van der Waals surface area contributed by atoms with Crippen molar-refractivity contribution in [3.63, 3.8) is 0 Å². The lowest BCUT2D eigenvalue weighted by molar-refractivity contribution is 0.103. The van der Waals surface area contributed by atoms with Gasteiger partial charge < -0.3 is 10.2 Å². The van der Waals surface area contributed by atoms with Gasteiger partial charge in [0, 0.05) is 130 Å². The molecule has 0 unspecified atom stereocenters. The van der Waals surface area contributed by atoms with Crippen molar-refractivity contribution in [2.75, 3.05) is 0 Å². The van der Waals surface area contributed by atoms with Gasteiger partial charge in [0.1, 0.15) is 11.5 Å². The molecule has 0 fully saturated rings. The molecule has 5 heteroatoms. The van der Waals surface area contributed by atoms with E-state index in [9.17, 15) is 19.8 Å². The van der Waals surface area contributed by atoms with Crippen molar-refractivity contribution in [3.05, 3.63) is 107 Å². The van der Waals surface area contributed by atoms with Crippen LogP contribution in [-0.4, -0.2) is 21.8 Å². The van der Waals surface area contributed by atoms with E-state index in [1.165, 1.54) is 12.1 Å². The summed E-state index contributed by atoms with van der Waals surface area (Å²) in [6, 6.07) is 24.8. The Morgan fingerprint density at radius 3 is 0.627 bits per heavy atom. The molecule has 0 saturated carbocycles. The van der Waals surface area contributed by atoms with Gasteiger partial charge in [0.05, 0.1) is 0 Å². The number of carbonyl (C=O) groups excluding carboxylic acids is 2. The Labute approximate surface area is 511 Å². The molecule has 2 aliphatic rings. The zero-order valence-corrected chi connectivity index (χ0v) is 40.2. The molecule has 0 radical (unpaired) electrons. The first-order valence-electron chi connectivity index (χ1n) is 20.1. The summed E-state index contributed by atoms with van der Waals surface area (Å²) in [4.78, 5) is 23.9. The molecule has 4 aromatic rings. The van der Waals surface area contributed by atoms with Crippen LogP contribution in [0, 0.1) is 263 Å². The van der Waals surface area contributed by atoms with Gasteiger partial charge in [0.25, 0.3) is 0 Å². The van der Waals surface area contributed by atoms with Crippen molar-refractivity contribution in [3.8, 4) is 296 Å². The van der Waals surface area contributed by atoms with E-state index < -0.39 is 0 Å². The smallest absolute Gasteiger partial charge is 0.194 e. The second kappa shape index (κ2) is 36.7. The highest BCUT2D eigenvalue weighted by atomic mass is 79.9. The number of phenolic OH excluding ortho intramolecular Hbond substituents is 2. The lowest BCUT2D eigenvalue weighted by atomic mass is 10.1. The maximum absolute atomic E-state index is 11.9. The molecule has 4 nitrogen and oxygen atoms in total. The van der Waals surface area contributed by atoms with Crippen molar-refractivity contribution < 1.29 is 79.7 Å². The molecular formula is C70H105BrO4. The van der Waals surface area contributed by atoms with Gasteiger partial charge in [-0.3, -0.25) is 9.59 Å². The molecule has 75 heavy (non-hydrogen) atoms. The van der Waals surface area contributed by atoms with Crippen LogP contribution in [0.3, 0.4) is 0 Å². The zero-order valence-electron chi connectivity index (χ0n) is 38.5. The Morgan fingerprint density at radius 1 is 0.253 bits per heavy atom. The number of terminal acetylenes is 4. The Kier molecular flexibility index (Phi) is 28.3. The van der Waals surface area contributed by atoms with E-state index in [-0.39, 0.29) is 100.0 Å². The van der Waals surface area contributed by atoms with Crippen molar-refractivity contribution in [1.82, 2.24) is 0 Å². The van der Waals surface area contributed by atoms with Crippen LogP contribution in [0.15, 0.2) is 84.9 Å². The molecule has 0 saturated heterocycles. The van der Waals surface area contributed by atoms with Crippen LogP contribution in [0.5, 0.6) is 11.5 Å². The van der Waals surface area contributed by atoms with Crippen LogP contribution < -0.4 is 0 Å². The molecule has 416 valence electrons. The monoisotopic (exact) mass is 1090 g/mol. The largest absolute Gasteiger partial charge is 0.508 e. The van der Waals surface area contributed by atoms with E-state index in [0.29, 0.717) is 11.1 Å². The molecule has 0 aromatic heterocycles.